The standard InChI is InChI=1S/C12H14FNO.ClH/c13-11-4-3-9(8-1-2-8)12-10(11)7-14-5-6-15-12;/h3-4,8,14H,1-2,5-7H2;1H. The molecule has 1 fully saturated rings. The third-order valence-corrected chi connectivity index (χ3v) is 3.08. The van der Waals surface area contributed by atoms with E-state index < -0.39 is 0 Å². The molecule has 1 aliphatic carbocycles. The second-order valence-corrected chi connectivity index (χ2v) is 4.24. The summed E-state index contributed by atoms with van der Waals surface area (Å²) >= 11 is 0. The summed E-state index contributed by atoms with van der Waals surface area (Å²) in [6.45, 7) is 2.01. The van der Waals surface area contributed by atoms with Crippen LogP contribution < -0.4 is 10.1 Å². The number of nitrogens with one attached hydrogen (secondary N) is 1. The zero-order chi connectivity index (χ0) is 10.3. The van der Waals surface area contributed by atoms with Gasteiger partial charge in [-0.3, -0.25) is 0 Å². The van der Waals surface area contributed by atoms with Crippen molar-refractivity contribution in [1.29, 1.82) is 0 Å². The molecule has 0 aromatic heterocycles. The summed E-state index contributed by atoms with van der Waals surface area (Å²) in [6, 6.07) is 3.46. The maximum absolute atomic E-state index is 13.6. The molecule has 1 saturated carbocycles. The van der Waals surface area contributed by atoms with Crippen molar-refractivity contribution in [2.75, 3.05) is 13.2 Å². The molecule has 0 radical (unpaired) electrons. The molecule has 0 bridgehead atoms. The van der Waals surface area contributed by atoms with Crippen LogP contribution in [-0.4, -0.2) is 13.2 Å². The quantitative estimate of drug-likeness (QED) is 0.819. The summed E-state index contributed by atoms with van der Waals surface area (Å²) in [4.78, 5) is 0. The lowest BCUT2D eigenvalue weighted by Gasteiger charge is -2.12. The Morgan fingerprint density at radius 3 is 2.88 bits per heavy atom. The lowest BCUT2D eigenvalue weighted by Crippen LogP contribution is -2.16. The highest BCUT2D eigenvalue weighted by Gasteiger charge is 2.29. The molecule has 2 aliphatic rings. The highest BCUT2D eigenvalue weighted by Crippen LogP contribution is 2.46. The van der Waals surface area contributed by atoms with Crippen molar-refractivity contribution in [3.63, 3.8) is 0 Å². The number of rotatable bonds is 1. The summed E-state index contributed by atoms with van der Waals surface area (Å²) < 4.78 is 19.3. The Morgan fingerprint density at radius 1 is 1.31 bits per heavy atom. The average molecular weight is 244 g/mol. The smallest absolute Gasteiger partial charge is 0.131 e. The van der Waals surface area contributed by atoms with E-state index in [1.54, 1.807) is 6.07 Å². The van der Waals surface area contributed by atoms with E-state index in [1.807, 2.05) is 6.07 Å². The SMILES string of the molecule is Cl.Fc1ccc(C2CC2)c2c1CNCCO2. The number of fused-ring (bicyclic) bond motifs is 1. The highest BCUT2D eigenvalue weighted by atomic mass is 35.5. The molecule has 1 aromatic rings. The number of hydrogen-bond donors (Lipinski definition) is 1. The van der Waals surface area contributed by atoms with Crippen LogP contribution in [0.5, 0.6) is 5.75 Å². The minimum atomic E-state index is -0.149. The Morgan fingerprint density at radius 2 is 2.12 bits per heavy atom. The van der Waals surface area contributed by atoms with Gasteiger partial charge in [0.05, 0.1) is 0 Å². The molecule has 0 unspecified atom stereocenters. The van der Waals surface area contributed by atoms with Crippen LogP contribution in [0.25, 0.3) is 0 Å². The number of benzene rings is 1. The van der Waals surface area contributed by atoms with Crippen LogP contribution in [0.4, 0.5) is 4.39 Å². The fraction of sp³-hybridized carbons (Fsp3) is 0.500. The van der Waals surface area contributed by atoms with Crippen molar-refractivity contribution in [2.24, 2.45) is 0 Å². The first-order valence-corrected chi connectivity index (χ1v) is 5.51. The molecule has 16 heavy (non-hydrogen) atoms. The largest absolute Gasteiger partial charge is 0.492 e. The average Bonchev–Trinajstić information content (AvgIpc) is 3.04. The number of ether oxygens (including phenoxy) is 1. The minimum Gasteiger partial charge on any atom is -0.492 e. The lowest BCUT2D eigenvalue weighted by atomic mass is 10.0. The molecule has 1 N–H and O–H groups in total. The Bertz CT molecular complexity index is 393. The second-order valence-electron chi connectivity index (χ2n) is 4.24. The van der Waals surface area contributed by atoms with Gasteiger partial charge in [-0.15, -0.1) is 12.4 Å². The molecule has 4 heteroatoms. The molecule has 0 spiro atoms. The van der Waals surface area contributed by atoms with Crippen molar-refractivity contribution in [3.8, 4) is 5.75 Å². The summed E-state index contributed by atoms with van der Waals surface area (Å²) in [5.41, 5.74) is 1.91. The first kappa shape index (κ1) is 11.7. The molecule has 1 heterocycles. The van der Waals surface area contributed by atoms with Gasteiger partial charge in [0, 0.05) is 18.7 Å². The first-order chi connectivity index (χ1) is 7.36. The molecule has 2 nitrogen and oxygen atoms in total. The molecule has 3 rings (SSSR count). The fourth-order valence-corrected chi connectivity index (χ4v) is 2.11. The van der Waals surface area contributed by atoms with Gasteiger partial charge in [-0.1, -0.05) is 6.07 Å². The zero-order valence-corrected chi connectivity index (χ0v) is 9.78. The molecular formula is C12H15ClFNO. The van der Waals surface area contributed by atoms with Gasteiger partial charge < -0.3 is 10.1 Å². The van der Waals surface area contributed by atoms with Gasteiger partial charge in [0.15, 0.2) is 0 Å². The van der Waals surface area contributed by atoms with E-state index in [0.29, 0.717) is 24.6 Å². The maximum Gasteiger partial charge on any atom is 0.131 e. The van der Waals surface area contributed by atoms with E-state index in [1.165, 1.54) is 18.4 Å². The van der Waals surface area contributed by atoms with Crippen LogP contribution in [-0.2, 0) is 6.54 Å². The van der Waals surface area contributed by atoms with Crippen LogP contribution in [0.1, 0.15) is 29.9 Å². The van der Waals surface area contributed by atoms with E-state index in [0.717, 1.165) is 12.3 Å². The minimum absolute atomic E-state index is 0. The van der Waals surface area contributed by atoms with E-state index in [2.05, 4.69) is 5.32 Å². The predicted octanol–water partition coefficient (Wildman–Crippen LogP) is 2.61. The van der Waals surface area contributed by atoms with Gasteiger partial charge in [-0.25, -0.2) is 4.39 Å². The first-order valence-electron chi connectivity index (χ1n) is 5.51. The van der Waals surface area contributed by atoms with Gasteiger partial charge in [0.25, 0.3) is 0 Å². The second kappa shape index (κ2) is 4.60. The van der Waals surface area contributed by atoms with E-state index >= 15 is 0 Å². The van der Waals surface area contributed by atoms with Crippen molar-refractivity contribution in [2.45, 2.75) is 25.3 Å². The third kappa shape index (κ3) is 2.02. The third-order valence-electron chi connectivity index (χ3n) is 3.08. The van der Waals surface area contributed by atoms with Crippen molar-refractivity contribution >= 4 is 12.4 Å². The van der Waals surface area contributed by atoms with Crippen molar-refractivity contribution in [1.82, 2.24) is 5.32 Å². The molecule has 1 aromatic carbocycles. The monoisotopic (exact) mass is 243 g/mol. The van der Waals surface area contributed by atoms with Crippen molar-refractivity contribution < 1.29 is 9.13 Å². The molecule has 1 aliphatic heterocycles. The Balaban J connectivity index is 0.000000963. The summed E-state index contributed by atoms with van der Waals surface area (Å²) in [6.07, 6.45) is 2.43. The highest BCUT2D eigenvalue weighted by molar-refractivity contribution is 5.85. The molecular weight excluding hydrogens is 229 g/mol. The number of hydrogen-bond acceptors (Lipinski definition) is 2. The summed E-state index contributed by atoms with van der Waals surface area (Å²) in [5.74, 6) is 1.27. The fourth-order valence-electron chi connectivity index (χ4n) is 2.11. The summed E-state index contributed by atoms with van der Waals surface area (Å²) in [7, 11) is 0. The van der Waals surface area contributed by atoms with Gasteiger partial charge in [-0.2, -0.15) is 0 Å². The molecule has 0 atom stereocenters. The van der Waals surface area contributed by atoms with Gasteiger partial charge in [0.2, 0.25) is 0 Å². The number of halogens is 2. The van der Waals surface area contributed by atoms with E-state index in [9.17, 15) is 4.39 Å². The van der Waals surface area contributed by atoms with Crippen LogP contribution in [0.3, 0.4) is 0 Å². The van der Waals surface area contributed by atoms with Crippen LogP contribution in [0, 0.1) is 5.82 Å². The van der Waals surface area contributed by atoms with E-state index in [-0.39, 0.29) is 18.2 Å². The molecule has 0 saturated heterocycles. The molecule has 0 amide bonds. The van der Waals surface area contributed by atoms with Crippen molar-refractivity contribution in [3.05, 3.63) is 29.1 Å². The van der Waals surface area contributed by atoms with Gasteiger partial charge >= 0.3 is 0 Å². The summed E-state index contributed by atoms with van der Waals surface area (Å²) in [5, 5.41) is 3.17. The van der Waals surface area contributed by atoms with Crippen LogP contribution >= 0.6 is 12.4 Å². The van der Waals surface area contributed by atoms with Crippen LogP contribution in [0.2, 0.25) is 0 Å². The maximum atomic E-state index is 13.6. The lowest BCUT2D eigenvalue weighted by molar-refractivity contribution is 0.321. The zero-order valence-electron chi connectivity index (χ0n) is 8.96. The van der Waals surface area contributed by atoms with Crippen LogP contribution in [0.15, 0.2) is 12.1 Å². The van der Waals surface area contributed by atoms with Gasteiger partial charge in [0.1, 0.15) is 18.2 Å². The molecule has 88 valence electrons. The Kier molecular flexibility index (Phi) is 3.36. The topological polar surface area (TPSA) is 21.3 Å². The Labute approximate surface area is 101 Å². The normalized spacial score (nSPS) is 19.1. The Hall–Kier alpha value is -0.800. The van der Waals surface area contributed by atoms with E-state index in [4.69, 9.17) is 4.74 Å². The predicted molar refractivity (Wildman–Crippen MR) is 62.8 cm³/mol. The van der Waals surface area contributed by atoms with Gasteiger partial charge in [-0.05, 0) is 30.4 Å².